The maximum Gasteiger partial charge on any atom is 0.191 e. The zero-order chi connectivity index (χ0) is 25.3. The Morgan fingerprint density at radius 2 is 1.35 bits per heavy atom. The van der Waals surface area contributed by atoms with Crippen molar-refractivity contribution in [3.63, 3.8) is 0 Å². The molecule has 2 aromatic rings. The van der Waals surface area contributed by atoms with Gasteiger partial charge in [-0.1, -0.05) is 113 Å². The lowest BCUT2D eigenvalue weighted by Gasteiger charge is -2.48. The molecule has 3 heteroatoms. The molecule has 0 saturated heterocycles. The average Bonchev–Trinajstić information content (AvgIpc) is 2.80. The smallest absolute Gasteiger partial charge is 0.191 e. The molecule has 184 valence electrons. The van der Waals surface area contributed by atoms with Gasteiger partial charge in [0.25, 0.3) is 0 Å². The van der Waals surface area contributed by atoms with Gasteiger partial charge in [0.05, 0.1) is 6.61 Å². The van der Waals surface area contributed by atoms with Crippen LogP contribution in [0.4, 0.5) is 0 Å². The van der Waals surface area contributed by atoms with Gasteiger partial charge in [-0.25, -0.2) is 0 Å². The average molecular weight is 477 g/mol. The fourth-order valence-electron chi connectivity index (χ4n) is 4.30. The number of hydrogen-bond donors (Lipinski definition) is 0. The minimum absolute atomic E-state index is 0.158. The van der Waals surface area contributed by atoms with Crippen LogP contribution < -0.4 is 0 Å². The van der Waals surface area contributed by atoms with Gasteiger partial charge in [0.2, 0.25) is 0 Å². The third-order valence-corrected chi connectivity index (χ3v) is 12.1. The van der Waals surface area contributed by atoms with E-state index in [4.69, 9.17) is 9.16 Å². The third-order valence-electron chi connectivity index (χ3n) is 7.53. The lowest BCUT2D eigenvalue weighted by molar-refractivity contribution is -0.0858. The van der Waals surface area contributed by atoms with Gasteiger partial charge in [0, 0.05) is 12.0 Å². The van der Waals surface area contributed by atoms with Crippen molar-refractivity contribution in [1.29, 1.82) is 0 Å². The first kappa shape index (κ1) is 28.0. The van der Waals surface area contributed by atoms with Crippen LogP contribution in [0.5, 0.6) is 0 Å². The molecule has 0 aliphatic rings. The Kier molecular flexibility index (Phi) is 9.87. The van der Waals surface area contributed by atoms with E-state index in [1.54, 1.807) is 0 Å². The standard InChI is InChI=1S/C31H44O2Si/c1-9-22-30(25-27-18-14-12-15-19-27,23-24-33-34(7,8)29(4,5)6)31(10-2,11-3)32-26-28-20-16-13-17-21-28/h9-21H,1-3,22-26H2,4-8H3. The van der Waals surface area contributed by atoms with Crippen LogP contribution in [0.25, 0.3) is 0 Å². The van der Waals surface area contributed by atoms with E-state index < -0.39 is 13.9 Å². The summed E-state index contributed by atoms with van der Waals surface area (Å²) in [5, 5.41) is 0.158. The maximum absolute atomic E-state index is 6.73. The summed E-state index contributed by atoms with van der Waals surface area (Å²) < 4.78 is 13.4. The van der Waals surface area contributed by atoms with E-state index in [2.05, 4.69) is 96.1 Å². The number of allylic oxidation sites excluding steroid dienone is 1. The summed E-state index contributed by atoms with van der Waals surface area (Å²) >= 11 is 0. The van der Waals surface area contributed by atoms with Crippen molar-refractivity contribution in [2.24, 2.45) is 5.41 Å². The molecular weight excluding hydrogens is 432 g/mol. The topological polar surface area (TPSA) is 18.5 Å². The summed E-state index contributed by atoms with van der Waals surface area (Å²) in [6.45, 7) is 25.2. The molecule has 0 N–H and O–H groups in total. The van der Waals surface area contributed by atoms with Crippen molar-refractivity contribution in [3.05, 3.63) is 110 Å². The molecule has 0 bridgehead atoms. The molecule has 2 rings (SSSR count). The van der Waals surface area contributed by atoms with Gasteiger partial charge in [-0.2, -0.15) is 0 Å². The minimum atomic E-state index is -1.89. The van der Waals surface area contributed by atoms with Crippen molar-refractivity contribution in [1.82, 2.24) is 0 Å². The van der Waals surface area contributed by atoms with Gasteiger partial charge in [-0.15, -0.1) is 6.58 Å². The SMILES string of the molecule is C=CCC(CCO[Si](C)(C)C(C)(C)C)(Cc1ccccc1)C(C=C)(C=C)OCc1ccccc1. The van der Waals surface area contributed by atoms with E-state index in [0.717, 1.165) is 24.8 Å². The monoisotopic (exact) mass is 476 g/mol. The van der Waals surface area contributed by atoms with Gasteiger partial charge in [-0.05, 0) is 48.5 Å². The maximum atomic E-state index is 6.73. The first-order chi connectivity index (χ1) is 16.0. The van der Waals surface area contributed by atoms with Crippen LogP contribution in [0.15, 0.2) is 98.6 Å². The molecule has 0 radical (unpaired) electrons. The highest BCUT2D eigenvalue weighted by Gasteiger charge is 2.48. The molecule has 34 heavy (non-hydrogen) atoms. The Balaban J connectivity index is 2.46. The van der Waals surface area contributed by atoms with Crippen molar-refractivity contribution >= 4 is 8.32 Å². The Hall–Kier alpha value is -2.20. The van der Waals surface area contributed by atoms with E-state index in [-0.39, 0.29) is 10.5 Å². The molecule has 0 aromatic heterocycles. The van der Waals surface area contributed by atoms with Gasteiger partial charge in [-0.3, -0.25) is 0 Å². The summed E-state index contributed by atoms with van der Waals surface area (Å²) in [4.78, 5) is 0. The van der Waals surface area contributed by atoms with Gasteiger partial charge < -0.3 is 9.16 Å². The second kappa shape index (κ2) is 12.0. The van der Waals surface area contributed by atoms with Crippen LogP contribution in [0.2, 0.25) is 18.1 Å². The van der Waals surface area contributed by atoms with E-state index in [1.165, 1.54) is 5.56 Å². The summed E-state index contributed by atoms with van der Waals surface area (Å²) in [6.07, 6.45) is 8.25. The summed E-state index contributed by atoms with van der Waals surface area (Å²) in [5.41, 5.74) is 1.30. The minimum Gasteiger partial charge on any atom is -0.417 e. The largest absolute Gasteiger partial charge is 0.417 e. The summed E-state index contributed by atoms with van der Waals surface area (Å²) in [6, 6.07) is 20.9. The van der Waals surface area contributed by atoms with E-state index in [0.29, 0.717) is 13.2 Å². The zero-order valence-electron chi connectivity index (χ0n) is 22.0. The Morgan fingerprint density at radius 1 is 0.824 bits per heavy atom. The normalized spacial score (nSPS) is 14.3. The molecular formula is C31H44O2Si. The number of ether oxygens (including phenoxy) is 1. The van der Waals surface area contributed by atoms with Crippen LogP contribution in [-0.4, -0.2) is 20.5 Å². The molecule has 1 atom stereocenters. The van der Waals surface area contributed by atoms with Crippen molar-refractivity contribution < 1.29 is 9.16 Å². The molecule has 0 heterocycles. The van der Waals surface area contributed by atoms with Gasteiger partial charge >= 0.3 is 0 Å². The van der Waals surface area contributed by atoms with E-state index >= 15 is 0 Å². The highest BCUT2D eigenvalue weighted by Crippen LogP contribution is 2.47. The molecule has 2 nitrogen and oxygen atoms in total. The first-order valence-corrected chi connectivity index (χ1v) is 15.2. The van der Waals surface area contributed by atoms with E-state index in [9.17, 15) is 0 Å². The van der Waals surface area contributed by atoms with Crippen LogP contribution >= 0.6 is 0 Å². The van der Waals surface area contributed by atoms with Crippen LogP contribution in [0, 0.1) is 5.41 Å². The lowest BCUT2D eigenvalue weighted by atomic mass is 9.63. The van der Waals surface area contributed by atoms with E-state index in [1.807, 2.05) is 36.4 Å². The van der Waals surface area contributed by atoms with Crippen molar-refractivity contribution in [3.8, 4) is 0 Å². The molecule has 0 aliphatic carbocycles. The highest BCUT2D eigenvalue weighted by atomic mass is 28.4. The zero-order valence-corrected chi connectivity index (χ0v) is 23.0. The van der Waals surface area contributed by atoms with Crippen molar-refractivity contribution in [2.75, 3.05) is 6.61 Å². The predicted molar refractivity (Wildman–Crippen MR) is 150 cm³/mol. The number of rotatable bonds is 14. The quantitative estimate of drug-likeness (QED) is 0.201. The molecule has 0 amide bonds. The fourth-order valence-corrected chi connectivity index (χ4v) is 5.35. The van der Waals surface area contributed by atoms with Crippen LogP contribution in [-0.2, 0) is 22.2 Å². The van der Waals surface area contributed by atoms with Crippen LogP contribution in [0.3, 0.4) is 0 Å². The van der Waals surface area contributed by atoms with Crippen LogP contribution in [0.1, 0.15) is 44.7 Å². The molecule has 2 aromatic carbocycles. The molecule has 0 spiro atoms. The van der Waals surface area contributed by atoms with Gasteiger partial charge in [0.1, 0.15) is 5.60 Å². The molecule has 0 aliphatic heterocycles. The summed E-state index contributed by atoms with van der Waals surface area (Å²) in [7, 11) is -1.89. The van der Waals surface area contributed by atoms with Gasteiger partial charge in [0.15, 0.2) is 8.32 Å². The third kappa shape index (κ3) is 6.68. The predicted octanol–water partition coefficient (Wildman–Crippen LogP) is 8.53. The number of hydrogen-bond acceptors (Lipinski definition) is 2. The lowest BCUT2D eigenvalue weighted by Crippen LogP contribution is -2.50. The molecule has 0 fully saturated rings. The van der Waals surface area contributed by atoms with Crippen molar-refractivity contribution in [2.45, 2.75) is 70.4 Å². The fraction of sp³-hybridized carbons (Fsp3) is 0.419. The Morgan fingerprint density at radius 3 is 1.82 bits per heavy atom. The molecule has 1 unspecified atom stereocenters. The molecule has 0 saturated carbocycles. The second-order valence-corrected chi connectivity index (χ2v) is 15.6. The number of benzene rings is 2. The Bertz CT molecular complexity index is 903. The first-order valence-electron chi connectivity index (χ1n) is 12.3. The highest BCUT2D eigenvalue weighted by molar-refractivity contribution is 6.74. The Labute approximate surface area is 209 Å². The second-order valence-electron chi connectivity index (χ2n) is 10.8. The summed E-state index contributed by atoms with van der Waals surface area (Å²) in [5.74, 6) is 0.